The van der Waals surface area contributed by atoms with Crippen molar-refractivity contribution in [1.29, 1.82) is 0 Å². The summed E-state index contributed by atoms with van der Waals surface area (Å²) in [4.78, 5) is 2.64. The van der Waals surface area contributed by atoms with E-state index >= 15 is 0 Å². The number of nitrogens with one attached hydrogen (secondary N) is 1. The van der Waals surface area contributed by atoms with Gasteiger partial charge in [-0.05, 0) is 45.1 Å². The van der Waals surface area contributed by atoms with Gasteiger partial charge in [0.15, 0.2) is 0 Å². The highest BCUT2D eigenvalue weighted by atomic mass is 15.2. The molecule has 1 saturated carbocycles. The summed E-state index contributed by atoms with van der Waals surface area (Å²) in [5.41, 5.74) is 0.680. The van der Waals surface area contributed by atoms with Crippen molar-refractivity contribution in [2.75, 3.05) is 19.6 Å². The Morgan fingerprint density at radius 3 is 2.64 bits per heavy atom. The predicted octanol–water partition coefficient (Wildman–Crippen LogP) is 1.86. The summed E-state index contributed by atoms with van der Waals surface area (Å²) in [7, 11) is 0. The lowest BCUT2D eigenvalue weighted by atomic mass is 10.0. The molecule has 0 amide bonds. The van der Waals surface area contributed by atoms with Gasteiger partial charge in [-0.25, -0.2) is 0 Å². The van der Waals surface area contributed by atoms with Gasteiger partial charge in [0.1, 0.15) is 0 Å². The molecule has 1 N–H and O–H groups in total. The van der Waals surface area contributed by atoms with Crippen molar-refractivity contribution in [2.24, 2.45) is 5.41 Å². The Balaban J connectivity index is 1.90. The van der Waals surface area contributed by atoms with Crippen LogP contribution in [0, 0.1) is 5.41 Å². The quantitative estimate of drug-likeness (QED) is 0.738. The molecule has 0 bridgehead atoms. The summed E-state index contributed by atoms with van der Waals surface area (Å²) in [6.45, 7) is 10.7. The van der Waals surface area contributed by atoms with Gasteiger partial charge in [-0.3, -0.25) is 4.90 Å². The van der Waals surface area contributed by atoms with Crippen LogP contribution in [0.1, 0.15) is 40.0 Å². The number of likely N-dealkylation sites (tertiary alicyclic amines) is 1. The zero-order chi connectivity index (χ0) is 10.2. The van der Waals surface area contributed by atoms with Crippen molar-refractivity contribution in [3.63, 3.8) is 0 Å². The van der Waals surface area contributed by atoms with E-state index in [0.29, 0.717) is 5.41 Å². The molecule has 14 heavy (non-hydrogen) atoms. The molecule has 1 aliphatic heterocycles. The average molecular weight is 196 g/mol. The lowest BCUT2D eigenvalue weighted by Gasteiger charge is -2.20. The molecule has 0 aromatic heterocycles. The van der Waals surface area contributed by atoms with Crippen LogP contribution in [0.5, 0.6) is 0 Å². The van der Waals surface area contributed by atoms with Crippen LogP contribution < -0.4 is 5.32 Å². The molecule has 1 spiro atoms. The third-order valence-electron chi connectivity index (χ3n) is 3.94. The first-order chi connectivity index (χ1) is 6.68. The Morgan fingerprint density at radius 2 is 2.14 bits per heavy atom. The van der Waals surface area contributed by atoms with E-state index < -0.39 is 0 Å². The summed E-state index contributed by atoms with van der Waals surface area (Å²) in [6.07, 6.45) is 4.17. The second-order valence-corrected chi connectivity index (χ2v) is 5.39. The maximum atomic E-state index is 3.73. The predicted molar refractivity (Wildman–Crippen MR) is 60.5 cm³/mol. The van der Waals surface area contributed by atoms with E-state index in [-0.39, 0.29) is 0 Å². The lowest BCUT2D eigenvalue weighted by molar-refractivity contribution is 0.260. The molecule has 0 aromatic carbocycles. The molecule has 2 nitrogen and oxygen atoms in total. The molecule has 2 heteroatoms. The molecule has 2 aliphatic rings. The molecule has 0 radical (unpaired) electrons. The molecule has 0 unspecified atom stereocenters. The van der Waals surface area contributed by atoms with Gasteiger partial charge in [-0.2, -0.15) is 0 Å². The molecule has 1 heterocycles. The first-order valence-corrected chi connectivity index (χ1v) is 6.15. The Morgan fingerprint density at radius 1 is 1.43 bits per heavy atom. The van der Waals surface area contributed by atoms with Crippen molar-refractivity contribution in [1.82, 2.24) is 10.2 Å². The van der Waals surface area contributed by atoms with Gasteiger partial charge >= 0.3 is 0 Å². The van der Waals surface area contributed by atoms with Crippen LogP contribution in [-0.4, -0.2) is 36.6 Å². The van der Waals surface area contributed by atoms with Crippen LogP contribution in [0.4, 0.5) is 0 Å². The van der Waals surface area contributed by atoms with Gasteiger partial charge in [-0.1, -0.05) is 6.92 Å². The summed E-state index contributed by atoms with van der Waals surface area (Å²) >= 11 is 0. The maximum absolute atomic E-state index is 3.73. The molecule has 2 fully saturated rings. The number of rotatable bonds is 4. The van der Waals surface area contributed by atoms with Gasteiger partial charge in [0.2, 0.25) is 0 Å². The maximum Gasteiger partial charge on any atom is 0.0263 e. The van der Waals surface area contributed by atoms with Crippen molar-refractivity contribution in [3.8, 4) is 0 Å². The molecular weight excluding hydrogens is 172 g/mol. The Labute approximate surface area is 88.1 Å². The molecule has 2 rings (SSSR count). The summed E-state index contributed by atoms with van der Waals surface area (Å²) in [6, 6.07) is 1.51. The summed E-state index contributed by atoms with van der Waals surface area (Å²) in [5, 5.41) is 3.73. The third kappa shape index (κ3) is 1.82. The van der Waals surface area contributed by atoms with Gasteiger partial charge in [0.05, 0.1) is 0 Å². The van der Waals surface area contributed by atoms with E-state index in [9.17, 15) is 0 Å². The SMILES string of the molecule is CCCN[C@H]1CN(C(C)C)CC12CC2. The molecular formula is C12H24N2. The minimum atomic E-state index is 0.680. The van der Waals surface area contributed by atoms with Gasteiger partial charge in [-0.15, -0.1) is 0 Å². The molecule has 1 aliphatic carbocycles. The second kappa shape index (κ2) is 3.82. The van der Waals surface area contributed by atoms with E-state index in [4.69, 9.17) is 0 Å². The van der Waals surface area contributed by atoms with Crippen LogP contribution >= 0.6 is 0 Å². The smallest absolute Gasteiger partial charge is 0.0263 e. The van der Waals surface area contributed by atoms with Gasteiger partial charge in [0, 0.05) is 25.2 Å². The standard InChI is InChI=1S/C12H24N2/c1-4-7-13-11-8-14(10(2)3)9-12(11)5-6-12/h10-11,13H,4-9H2,1-3H3/t11-/m0/s1. The van der Waals surface area contributed by atoms with Crippen molar-refractivity contribution >= 4 is 0 Å². The molecule has 1 atom stereocenters. The van der Waals surface area contributed by atoms with E-state index in [1.165, 1.54) is 38.9 Å². The first-order valence-electron chi connectivity index (χ1n) is 6.15. The van der Waals surface area contributed by atoms with E-state index in [1.807, 2.05) is 0 Å². The largest absolute Gasteiger partial charge is 0.312 e. The highest BCUT2D eigenvalue weighted by Crippen LogP contribution is 2.53. The minimum absolute atomic E-state index is 0.680. The zero-order valence-corrected chi connectivity index (χ0v) is 9.84. The zero-order valence-electron chi connectivity index (χ0n) is 9.84. The number of hydrogen-bond donors (Lipinski definition) is 1. The number of nitrogens with zero attached hydrogens (tertiary/aromatic N) is 1. The van der Waals surface area contributed by atoms with Crippen LogP contribution in [0.3, 0.4) is 0 Å². The van der Waals surface area contributed by atoms with Crippen LogP contribution in [0.2, 0.25) is 0 Å². The average Bonchev–Trinajstić information content (AvgIpc) is 2.79. The topological polar surface area (TPSA) is 15.3 Å². The highest BCUT2D eigenvalue weighted by Gasteiger charge is 2.54. The highest BCUT2D eigenvalue weighted by molar-refractivity contribution is 5.10. The van der Waals surface area contributed by atoms with E-state index in [2.05, 4.69) is 31.0 Å². The Kier molecular flexibility index (Phi) is 2.85. The molecule has 1 saturated heterocycles. The molecule has 82 valence electrons. The van der Waals surface area contributed by atoms with Gasteiger partial charge < -0.3 is 5.32 Å². The van der Waals surface area contributed by atoms with Crippen molar-refractivity contribution < 1.29 is 0 Å². The number of hydrogen-bond acceptors (Lipinski definition) is 2. The van der Waals surface area contributed by atoms with E-state index in [0.717, 1.165) is 12.1 Å². The van der Waals surface area contributed by atoms with Gasteiger partial charge in [0.25, 0.3) is 0 Å². The summed E-state index contributed by atoms with van der Waals surface area (Å²) < 4.78 is 0. The Bertz CT molecular complexity index is 196. The minimum Gasteiger partial charge on any atom is -0.312 e. The summed E-state index contributed by atoms with van der Waals surface area (Å²) in [5.74, 6) is 0. The lowest BCUT2D eigenvalue weighted by Crippen LogP contribution is -2.38. The van der Waals surface area contributed by atoms with E-state index in [1.54, 1.807) is 0 Å². The second-order valence-electron chi connectivity index (χ2n) is 5.39. The molecule has 0 aromatic rings. The van der Waals surface area contributed by atoms with Crippen molar-refractivity contribution in [2.45, 2.75) is 52.1 Å². The monoisotopic (exact) mass is 196 g/mol. The normalized spacial score (nSPS) is 30.4. The van der Waals surface area contributed by atoms with Crippen LogP contribution in [0.15, 0.2) is 0 Å². The fraction of sp³-hybridized carbons (Fsp3) is 1.00. The first kappa shape index (κ1) is 10.4. The Hall–Kier alpha value is -0.0800. The van der Waals surface area contributed by atoms with Crippen LogP contribution in [0.25, 0.3) is 0 Å². The third-order valence-corrected chi connectivity index (χ3v) is 3.94. The fourth-order valence-electron chi connectivity index (χ4n) is 2.67. The van der Waals surface area contributed by atoms with Crippen molar-refractivity contribution in [3.05, 3.63) is 0 Å². The fourth-order valence-corrected chi connectivity index (χ4v) is 2.67. The van der Waals surface area contributed by atoms with Crippen LogP contribution in [-0.2, 0) is 0 Å².